The molecule has 79 heavy (non-hydrogen) atoms. The first-order valence-corrected chi connectivity index (χ1v) is 26.6. The lowest BCUT2D eigenvalue weighted by Gasteiger charge is -2.24. The maximum Gasteiger partial charge on any atom is 0.245 e. The number of amides is 10. The van der Waals surface area contributed by atoms with E-state index in [-0.39, 0.29) is 69.2 Å². The fourth-order valence-electron chi connectivity index (χ4n) is 6.78. The van der Waals surface area contributed by atoms with E-state index in [1.807, 2.05) is 54.5 Å². The van der Waals surface area contributed by atoms with E-state index in [9.17, 15) is 47.9 Å². The van der Waals surface area contributed by atoms with Gasteiger partial charge < -0.3 is 76.1 Å². The highest BCUT2D eigenvalue weighted by atomic mass is 16.2. The molecule has 26 heteroatoms. The zero-order chi connectivity index (χ0) is 60.3. The summed E-state index contributed by atoms with van der Waals surface area (Å²) in [4.78, 5) is 130. The highest BCUT2D eigenvalue weighted by Crippen LogP contribution is 2.15. The number of carbonyl (C=O) groups is 10. The van der Waals surface area contributed by atoms with Gasteiger partial charge in [-0.3, -0.25) is 57.9 Å². The van der Waals surface area contributed by atoms with Crippen LogP contribution in [0.15, 0.2) is 64.6 Å². The molecule has 0 aliphatic carbocycles. The number of unbranched alkanes of at least 4 members (excludes halogenated alkanes) is 1. The van der Waals surface area contributed by atoms with E-state index in [0.29, 0.717) is 24.1 Å². The van der Waals surface area contributed by atoms with Crippen molar-refractivity contribution in [3.8, 4) is 0 Å². The number of guanidine groups is 2. The molecule has 442 valence electrons. The first-order valence-electron chi connectivity index (χ1n) is 26.6. The molecule has 2 aromatic carbocycles. The number of anilines is 1. The van der Waals surface area contributed by atoms with Gasteiger partial charge in [0.25, 0.3) is 0 Å². The van der Waals surface area contributed by atoms with Crippen LogP contribution in [0.1, 0.15) is 118 Å². The third kappa shape index (κ3) is 35.6. The first-order chi connectivity index (χ1) is 37.6. The summed E-state index contributed by atoms with van der Waals surface area (Å²) in [6.07, 6.45) is 5.67. The van der Waals surface area contributed by atoms with E-state index >= 15 is 0 Å². The lowest BCUT2D eigenvalue weighted by Crippen LogP contribution is -2.54. The van der Waals surface area contributed by atoms with Crippen molar-refractivity contribution in [2.75, 3.05) is 44.6 Å². The summed E-state index contributed by atoms with van der Waals surface area (Å²) in [5.74, 6) is -4.75. The molecule has 10 amide bonds. The predicted molar refractivity (Wildman–Crippen MR) is 306 cm³/mol. The van der Waals surface area contributed by atoms with E-state index in [2.05, 4.69) is 76.8 Å². The van der Waals surface area contributed by atoms with E-state index in [0.717, 1.165) is 32.2 Å². The standard InChI is InChI=1S/C31H46N12O9.C14H21NO.C4H11N3.2C2H6/c1-17(39-24(46)13-35-16-44)27(49)42-22-9-11-43(30(22)52)18(2)28(50)37-15-26(48)41-21(4-3-10-36-31(33)34)29(51)38-14-25(47)40-20-7-5-19(6-8-20)12-23(32)45;1-12(2)15-14(16)11-7-6-10-13-8-4-3-5-9-13;1-2-3-7-4(5)6;2*1-2/h5-8,16-18,21-22H,3-4,9-15H2,1-2H3,(H2,32,45)(H,35,44)(H,37,50)(H,38,51)(H,39,46)(H,40,47)(H,41,48)(H,42,49)(H4,33,34,36);3-5,8-9,12H,6-7,10-11H2,1-2H3,(H,15,16);2-3H2,1H3,(H4,5,6,7);2*1-2H3/t17-,18-,21?,22+;;;;/m0..../s1. The fraction of sp³-hybridized carbons (Fsp3) is 0.547. The van der Waals surface area contributed by atoms with Gasteiger partial charge in [-0.15, -0.1) is 0 Å². The number of likely N-dealkylation sites (tertiary alicyclic amines) is 1. The molecule has 1 fully saturated rings. The number of aryl methyl sites for hydroxylation is 1. The van der Waals surface area contributed by atoms with Crippen LogP contribution in [-0.2, 0) is 60.8 Å². The van der Waals surface area contributed by atoms with Crippen LogP contribution >= 0.6 is 0 Å². The monoisotopic (exact) mass is 1110 g/mol. The Morgan fingerprint density at radius 1 is 0.671 bits per heavy atom. The van der Waals surface area contributed by atoms with Gasteiger partial charge in [-0.2, -0.15) is 0 Å². The SMILES string of the molecule is CC.CC.CC(C)NC(=O)CCCCc1ccccc1.CCCN=C(N)N.C[C@H](NC(=O)CNC=O)C(=O)N[C@@H]1CCN([C@@H](C)C(=O)NCC(=O)NC(CCCN=C(N)N)C(=O)NCC(=O)Nc2ccc(CC(N)=O)cc2)C1=O. The van der Waals surface area contributed by atoms with Crippen LogP contribution in [0.4, 0.5) is 5.69 Å². The maximum atomic E-state index is 13.0. The molecule has 1 aliphatic rings. The van der Waals surface area contributed by atoms with E-state index in [1.54, 1.807) is 24.3 Å². The number of nitrogens with one attached hydrogen (secondary N) is 8. The third-order valence-electron chi connectivity index (χ3n) is 10.5. The molecule has 26 nitrogen and oxygen atoms in total. The van der Waals surface area contributed by atoms with Gasteiger partial charge in [0, 0.05) is 37.8 Å². The Bertz CT molecular complexity index is 2220. The summed E-state index contributed by atoms with van der Waals surface area (Å²) in [5, 5.41) is 20.0. The molecule has 3 rings (SSSR count). The second kappa shape index (κ2) is 43.7. The molecule has 1 heterocycles. The quantitative estimate of drug-likeness (QED) is 0.0210. The number of carbonyl (C=O) groups excluding carboxylic acids is 10. The number of hydrogen-bond acceptors (Lipinski definition) is 12. The Kier molecular flexibility index (Phi) is 40.3. The van der Waals surface area contributed by atoms with Gasteiger partial charge in [0.05, 0.1) is 26.1 Å². The summed E-state index contributed by atoms with van der Waals surface area (Å²) in [6, 6.07) is 12.9. The number of aliphatic imine (C=N–C) groups is 2. The molecule has 18 N–H and O–H groups in total. The van der Waals surface area contributed by atoms with Crippen LogP contribution in [-0.4, -0.2) is 146 Å². The number of nitrogens with zero attached hydrogens (tertiary/aromatic N) is 3. The van der Waals surface area contributed by atoms with Gasteiger partial charge in [-0.1, -0.05) is 77.1 Å². The summed E-state index contributed by atoms with van der Waals surface area (Å²) in [6.45, 7) is 16.5. The Hall–Kier alpha value is -8.32. The molecule has 0 aromatic heterocycles. The zero-order valence-corrected chi connectivity index (χ0v) is 47.6. The van der Waals surface area contributed by atoms with Gasteiger partial charge in [-0.25, -0.2) is 0 Å². The smallest absolute Gasteiger partial charge is 0.245 e. The molecule has 1 aliphatic heterocycles. The molecule has 0 radical (unpaired) electrons. The number of nitrogens with two attached hydrogens (primary N) is 5. The molecule has 2 aromatic rings. The Balaban J connectivity index is 0. The molecule has 1 saturated heterocycles. The lowest BCUT2D eigenvalue weighted by atomic mass is 10.1. The van der Waals surface area contributed by atoms with Gasteiger partial charge >= 0.3 is 0 Å². The topological polar surface area (TPSA) is 425 Å². The summed E-state index contributed by atoms with van der Waals surface area (Å²) < 4.78 is 0. The number of primary amides is 1. The molecular weight excluding hydrogens is 1020 g/mol. The normalized spacial score (nSPS) is 13.0. The molecule has 0 saturated carbocycles. The van der Waals surface area contributed by atoms with Crippen LogP contribution in [0.5, 0.6) is 0 Å². The van der Waals surface area contributed by atoms with Crippen molar-refractivity contribution in [3.05, 3.63) is 65.7 Å². The molecule has 0 spiro atoms. The highest BCUT2D eigenvalue weighted by Gasteiger charge is 2.38. The number of rotatable bonds is 29. The van der Waals surface area contributed by atoms with Crippen LogP contribution in [0.3, 0.4) is 0 Å². The summed E-state index contributed by atoms with van der Waals surface area (Å²) >= 11 is 0. The van der Waals surface area contributed by atoms with Crippen molar-refractivity contribution in [2.45, 2.75) is 150 Å². The van der Waals surface area contributed by atoms with Gasteiger partial charge in [0.15, 0.2) is 11.9 Å². The highest BCUT2D eigenvalue weighted by molar-refractivity contribution is 5.98. The van der Waals surface area contributed by atoms with E-state index in [1.165, 1.54) is 24.3 Å². The van der Waals surface area contributed by atoms with Crippen LogP contribution in [0.25, 0.3) is 0 Å². The minimum atomic E-state index is -1.13. The summed E-state index contributed by atoms with van der Waals surface area (Å²) in [7, 11) is 0. The first kappa shape index (κ1) is 72.8. The second-order valence-electron chi connectivity index (χ2n) is 17.5. The largest absolute Gasteiger partial charge is 0.370 e. The van der Waals surface area contributed by atoms with E-state index in [4.69, 9.17) is 28.7 Å². The molecular formula is C53H90N16O10. The van der Waals surface area contributed by atoms with Crippen molar-refractivity contribution in [1.29, 1.82) is 0 Å². The molecule has 4 atom stereocenters. The minimum Gasteiger partial charge on any atom is -0.370 e. The van der Waals surface area contributed by atoms with Gasteiger partial charge in [-0.05, 0) is 95.9 Å². The van der Waals surface area contributed by atoms with Crippen LogP contribution in [0, 0.1) is 0 Å². The second-order valence-corrected chi connectivity index (χ2v) is 17.5. The van der Waals surface area contributed by atoms with Crippen molar-refractivity contribution in [3.63, 3.8) is 0 Å². The number of hydrogen-bond donors (Lipinski definition) is 13. The average Bonchev–Trinajstić information content (AvgIpc) is 3.78. The predicted octanol–water partition coefficient (Wildman–Crippen LogP) is -0.574. The third-order valence-corrected chi connectivity index (χ3v) is 10.5. The van der Waals surface area contributed by atoms with Crippen molar-refractivity contribution in [2.24, 2.45) is 38.7 Å². The Labute approximate surface area is 465 Å². The Morgan fingerprint density at radius 3 is 1.81 bits per heavy atom. The minimum absolute atomic E-state index is 0.0390. The van der Waals surface area contributed by atoms with Crippen LogP contribution < -0.4 is 71.2 Å². The van der Waals surface area contributed by atoms with Crippen molar-refractivity contribution < 1.29 is 47.9 Å². The fourth-order valence-corrected chi connectivity index (χ4v) is 6.78. The van der Waals surface area contributed by atoms with Gasteiger partial charge in [0.2, 0.25) is 59.6 Å². The Morgan fingerprint density at radius 2 is 1.25 bits per heavy atom. The molecule has 0 bridgehead atoms. The maximum absolute atomic E-state index is 13.0. The van der Waals surface area contributed by atoms with Gasteiger partial charge in [0.1, 0.15) is 24.2 Å². The van der Waals surface area contributed by atoms with Crippen molar-refractivity contribution in [1.82, 2.24) is 42.1 Å². The summed E-state index contributed by atoms with van der Waals surface area (Å²) in [5.41, 5.74) is 28.3. The van der Waals surface area contributed by atoms with Crippen LogP contribution in [0.2, 0.25) is 0 Å². The van der Waals surface area contributed by atoms with Crippen molar-refractivity contribution >= 4 is 77.2 Å². The zero-order valence-electron chi connectivity index (χ0n) is 47.6. The average molecular weight is 1110 g/mol. The molecule has 1 unspecified atom stereocenters. The number of benzene rings is 2. The lowest BCUT2D eigenvalue weighted by molar-refractivity contribution is -0.139. The van der Waals surface area contributed by atoms with E-state index < -0.39 is 84.5 Å².